The number of carbonyl (C=O) groups excluding carboxylic acids is 1. The number of benzene rings is 2. The number of aliphatic hydroxyl groups is 1. The monoisotopic (exact) mass is 363 g/mol. The molecule has 1 aliphatic heterocycles. The molecule has 0 radical (unpaired) electrons. The number of aliphatic hydroxyl groups excluding tert-OH is 1. The average molecular weight is 363 g/mol. The first-order valence-corrected chi connectivity index (χ1v) is 8.56. The summed E-state index contributed by atoms with van der Waals surface area (Å²) in [6.45, 7) is 1.20. The van der Waals surface area contributed by atoms with Crippen molar-refractivity contribution in [2.24, 2.45) is 5.92 Å². The van der Waals surface area contributed by atoms with Crippen LogP contribution in [0.15, 0.2) is 36.4 Å². The third kappa shape index (κ3) is 4.25. The Labute approximate surface area is 150 Å². The highest BCUT2D eigenvalue weighted by Gasteiger charge is 2.26. The van der Waals surface area contributed by atoms with Gasteiger partial charge in [-0.1, -0.05) is 24.3 Å². The van der Waals surface area contributed by atoms with E-state index in [9.17, 15) is 18.0 Å². The smallest absolute Gasteiger partial charge is 0.227 e. The molecule has 0 saturated carbocycles. The number of halogens is 3. The van der Waals surface area contributed by atoms with Crippen LogP contribution in [0.1, 0.15) is 23.1 Å². The molecule has 6 heteroatoms. The van der Waals surface area contributed by atoms with E-state index in [0.29, 0.717) is 19.0 Å². The summed E-state index contributed by atoms with van der Waals surface area (Å²) in [5.41, 5.74) is 2.13. The van der Waals surface area contributed by atoms with Crippen molar-refractivity contribution in [3.8, 4) is 0 Å². The van der Waals surface area contributed by atoms with E-state index in [0.717, 1.165) is 36.1 Å². The number of amides is 1. The van der Waals surface area contributed by atoms with Crippen LogP contribution in [-0.4, -0.2) is 29.0 Å². The standard InChI is InChI=1S/C20H20F3NO2/c21-17-8-16(9-18(22)20(17)23)10-19(26)24-6-5-15(11-24)7-13-1-3-14(12-25)4-2-13/h1-4,8-9,15,25H,5-7,10-12H2. The minimum atomic E-state index is -1.52. The fourth-order valence-corrected chi connectivity index (χ4v) is 3.34. The highest BCUT2D eigenvalue weighted by Crippen LogP contribution is 2.22. The molecule has 1 fully saturated rings. The van der Waals surface area contributed by atoms with Crippen LogP contribution in [0.3, 0.4) is 0 Å². The first-order chi connectivity index (χ1) is 12.5. The van der Waals surface area contributed by atoms with Gasteiger partial charge in [0.25, 0.3) is 0 Å². The zero-order chi connectivity index (χ0) is 18.7. The number of nitrogens with zero attached hydrogens (tertiary/aromatic N) is 1. The van der Waals surface area contributed by atoms with E-state index in [1.54, 1.807) is 4.90 Å². The third-order valence-electron chi connectivity index (χ3n) is 4.77. The molecule has 1 aliphatic rings. The highest BCUT2D eigenvalue weighted by atomic mass is 19.2. The number of carbonyl (C=O) groups is 1. The van der Waals surface area contributed by atoms with Crippen LogP contribution in [0.4, 0.5) is 13.2 Å². The van der Waals surface area contributed by atoms with Crippen molar-refractivity contribution in [2.75, 3.05) is 13.1 Å². The molecule has 1 atom stereocenters. The molecular weight excluding hydrogens is 343 g/mol. The minimum absolute atomic E-state index is 0.0105. The zero-order valence-corrected chi connectivity index (χ0v) is 14.2. The van der Waals surface area contributed by atoms with Crippen molar-refractivity contribution in [3.05, 3.63) is 70.5 Å². The molecule has 1 N–H and O–H groups in total. The van der Waals surface area contributed by atoms with Gasteiger partial charge in [0.1, 0.15) is 0 Å². The Morgan fingerprint density at radius 1 is 1.04 bits per heavy atom. The number of likely N-dealkylation sites (tertiary alicyclic amines) is 1. The predicted octanol–water partition coefficient (Wildman–Crippen LogP) is 3.23. The topological polar surface area (TPSA) is 40.5 Å². The van der Waals surface area contributed by atoms with Crippen molar-refractivity contribution in [3.63, 3.8) is 0 Å². The van der Waals surface area contributed by atoms with Gasteiger partial charge in [0.05, 0.1) is 13.0 Å². The molecule has 0 aliphatic carbocycles. The predicted molar refractivity (Wildman–Crippen MR) is 90.8 cm³/mol. The molecule has 1 amide bonds. The minimum Gasteiger partial charge on any atom is -0.392 e. The van der Waals surface area contributed by atoms with Crippen LogP contribution in [0.5, 0.6) is 0 Å². The molecule has 1 saturated heterocycles. The first kappa shape index (κ1) is 18.5. The third-order valence-corrected chi connectivity index (χ3v) is 4.77. The van der Waals surface area contributed by atoms with E-state index in [1.165, 1.54) is 0 Å². The molecule has 0 aromatic heterocycles. The van der Waals surface area contributed by atoms with Crippen molar-refractivity contribution in [1.29, 1.82) is 0 Å². The fraction of sp³-hybridized carbons (Fsp3) is 0.350. The van der Waals surface area contributed by atoms with E-state index in [4.69, 9.17) is 5.11 Å². The van der Waals surface area contributed by atoms with Gasteiger partial charge in [0, 0.05) is 13.1 Å². The van der Waals surface area contributed by atoms with Crippen molar-refractivity contribution < 1.29 is 23.1 Å². The highest BCUT2D eigenvalue weighted by molar-refractivity contribution is 5.79. The largest absolute Gasteiger partial charge is 0.392 e. The molecule has 0 spiro atoms. The summed E-state index contributed by atoms with van der Waals surface area (Å²) in [4.78, 5) is 14.0. The molecule has 3 rings (SSSR count). The number of hydrogen-bond acceptors (Lipinski definition) is 2. The lowest BCUT2D eigenvalue weighted by Crippen LogP contribution is -2.30. The molecule has 1 unspecified atom stereocenters. The number of hydrogen-bond donors (Lipinski definition) is 1. The van der Waals surface area contributed by atoms with Crippen LogP contribution >= 0.6 is 0 Å². The summed E-state index contributed by atoms with van der Waals surface area (Å²) < 4.78 is 39.5. The zero-order valence-electron chi connectivity index (χ0n) is 14.2. The van der Waals surface area contributed by atoms with Crippen molar-refractivity contribution >= 4 is 5.91 Å². The van der Waals surface area contributed by atoms with Crippen LogP contribution < -0.4 is 0 Å². The maximum atomic E-state index is 13.3. The quantitative estimate of drug-likeness (QED) is 0.829. The van der Waals surface area contributed by atoms with Gasteiger partial charge in [-0.2, -0.15) is 0 Å². The van der Waals surface area contributed by atoms with Crippen molar-refractivity contribution in [1.82, 2.24) is 4.90 Å². The van der Waals surface area contributed by atoms with E-state index in [1.807, 2.05) is 24.3 Å². The molecule has 1 heterocycles. The summed E-state index contributed by atoms with van der Waals surface area (Å²) in [5, 5.41) is 9.07. The van der Waals surface area contributed by atoms with Gasteiger partial charge in [0.15, 0.2) is 17.5 Å². The van der Waals surface area contributed by atoms with Crippen LogP contribution in [0.25, 0.3) is 0 Å². The van der Waals surface area contributed by atoms with E-state index in [-0.39, 0.29) is 24.5 Å². The van der Waals surface area contributed by atoms with Gasteiger partial charge in [-0.05, 0) is 47.6 Å². The van der Waals surface area contributed by atoms with Crippen molar-refractivity contribution in [2.45, 2.75) is 25.9 Å². The first-order valence-electron chi connectivity index (χ1n) is 8.56. The summed E-state index contributed by atoms with van der Waals surface area (Å²) in [6, 6.07) is 9.44. The molecule has 0 bridgehead atoms. The maximum Gasteiger partial charge on any atom is 0.227 e. The summed E-state index contributed by atoms with van der Waals surface area (Å²) in [6.07, 6.45) is 1.54. The molecule has 2 aromatic carbocycles. The van der Waals surface area contributed by atoms with Crippen LogP contribution in [0, 0.1) is 23.4 Å². The lowest BCUT2D eigenvalue weighted by Gasteiger charge is -2.17. The lowest BCUT2D eigenvalue weighted by molar-refractivity contribution is -0.129. The Morgan fingerprint density at radius 2 is 1.65 bits per heavy atom. The Morgan fingerprint density at radius 3 is 2.27 bits per heavy atom. The van der Waals surface area contributed by atoms with Gasteiger partial charge in [0.2, 0.25) is 5.91 Å². The van der Waals surface area contributed by atoms with E-state index in [2.05, 4.69) is 0 Å². The average Bonchev–Trinajstić information content (AvgIpc) is 3.09. The van der Waals surface area contributed by atoms with E-state index >= 15 is 0 Å². The molecule has 26 heavy (non-hydrogen) atoms. The SMILES string of the molecule is O=C(Cc1cc(F)c(F)c(F)c1)N1CCC(Cc2ccc(CO)cc2)C1. The lowest BCUT2D eigenvalue weighted by atomic mass is 9.98. The van der Waals surface area contributed by atoms with Crippen LogP contribution in [-0.2, 0) is 24.2 Å². The second kappa shape index (κ2) is 7.91. The Kier molecular flexibility index (Phi) is 5.61. The van der Waals surface area contributed by atoms with Gasteiger partial charge in [-0.25, -0.2) is 13.2 Å². The second-order valence-electron chi connectivity index (χ2n) is 6.72. The Hall–Kier alpha value is -2.34. The fourth-order valence-electron chi connectivity index (χ4n) is 3.34. The molecular formula is C20H20F3NO2. The van der Waals surface area contributed by atoms with Gasteiger partial charge >= 0.3 is 0 Å². The summed E-state index contributed by atoms with van der Waals surface area (Å²) >= 11 is 0. The Balaban J connectivity index is 1.56. The van der Waals surface area contributed by atoms with Gasteiger partial charge in [-0.15, -0.1) is 0 Å². The normalized spacial score (nSPS) is 16.9. The summed E-state index contributed by atoms with van der Waals surface area (Å²) in [5.74, 6) is -3.97. The molecule has 3 nitrogen and oxygen atoms in total. The number of rotatable bonds is 5. The second-order valence-corrected chi connectivity index (χ2v) is 6.72. The van der Waals surface area contributed by atoms with Crippen LogP contribution in [0.2, 0.25) is 0 Å². The van der Waals surface area contributed by atoms with Gasteiger partial charge < -0.3 is 10.0 Å². The summed E-state index contributed by atoms with van der Waals surface area (Å²) in [7, 11) is 0. The van der Waals surface area contributed by atoms with E-state index < -0.39 is 17.5 Å². The molecule has 138 valence electrons. The molecule has 2 aromatic rings. The van der Waals surface area contributed by atoms with Gasteiger partial charge in [-0.3, -0.25) is 4.79 Å². The Bertz CT molecular complexity index is 769. The maximum absolute atomic E-state index is 13.3.